The van der Waals surface area contributed by atoms with E-state index in [1.54, 1.807) is 6.33 Å². The number of ether oxygens (including phenoxy) is 1. The Morgan fingerprint density at radius 3 is 2.65 bits per heavy atom. The minimum Gasteiger partial charge on any atom is -0.493 e. The molecular formula is C26H34ClN5O2. The van der Waals surface area contributed by atoms with Crippen LogP contribution < -0.4 is 15.8 Å². The van der Waals surface area contributed by atoms with Gasteiger partial charge in [0.05, 0.1) is 17.7 Å². The minimum atomic E-state index is -0.0867. The predicted octanol–water partition coefficient (Wildman–Crippen LogP) is 4.71. The number of aromatic nitrogens is 3. The molecule has 2 aromatic heterocycles. The van der Waals surface area contributed by atoms with Crippen molar-refractivity contribution in [3.63, 3.8) is 0 Å². The lowest BCUT2D eigenvalue weighted by atomic mass is 9.91. The van der Waals surface area contributed by atoms with E-state index in [4.69, 9.17) is 10.5 Å². The zero-order chi connectivity index (χ0) is 22.9. The first-order chi connectivity index (χ1) is 16.0. The smallest absolute Gasteiger partial charge is 0.255 e. The molecule has 34 heavy (non-hydrogen) atoms. The third kappa shape index (κ3) is 5.05. The number of carbonyl (C=O) groups is 1. The minimum absolute atomic E-state index is 0. The van der Waals surface area contributed by atoms with Gasteiger partial charge in [-0.15, -0.1) is 12.4 Å². The Morgan fingerprint density at radius 2 is 1.94 bits per heavy atom. The number of nitrogens with zero attached hydrogens (tertiary/aromatic N) is 2. The number of halogens is 1. The molecular weight excluding hydrogens is 450 g/mol. The summed E-state index contributed by atoms with van der Waals surface area (Å²) < 4.78 is 6.19. The quantitative estimate of drug-likeness (QED) is 0.451. The molecule has 0 spiro atoms. The van der Waals surface area contributed by atoms with Gasteiger partial charge in [0.2, 0.25) is 0 Å². The van der Waals surface area contributed by atoms with E-state index in [1.807, 2.05) is 13.0 Å². The molecule has 3 aromatic rings. The maximum atomic E-state index is 13.2. The van der Waals surface area contributed by atoms with Crippen LogP contribution in [-0.2, 0) is 6.42 Å². The number of benzene rings is 1. The van der Waals surface area contributed by atoms with Gasteiger partial charge < -0.3 is 20.8 Å². The van der Waals surface area contributed by atoms with Crippen LogP contribution in [0.2, 0.25) is 0 Å². The second-order valence-electron chi connectivity index (χ2n) is 9.59. The third-order valence-corrected chi connectivity index (χ3v) is 6.98. The van der Waals surface area contributed by atoms with Crippen LogP contribution in [0.4, 0.5) is 0 Å². The number of carbonyl (C=O) groups excluding carboxylic acids is 1. The van der Waals surface area contributed by atoms with Crippen molar-refractivity contribution in [2.45, 2.75) is 70.9 Å². The van der Waals surface area contributed by atoms with Gasteiger partial charge in [-0.05, 0) is 75.5 Å². The van der Waals surface area contributed by atoms with Gasteiger partial charge in [-0.1, -0.05) is 13.0 Å². The first kappa shape index (κ1) is 24.5. The van der Waals surface area contributed by atoms with E-state index in [0.717, 1.165) is 66.9 Å². The summed E-state index contributed by atoms with van der Waals surface area (Å²) in [5.74, 6) is 1.40. The molecule has 2 aliphatic rings. The van der Waals surface area contributed by atoms with Crippen molar-refractivity contribution in [3.05, 3.63) is 41.3 Å². The number of hydrogen-bond acceptors (Lipinski definition) is 5. The Morgan fingerprint density at radius 1 is 1.18 bits per heavy atom. The van der Waals surface area contributed by atoms with E-state index in [1.165, 1.54) is 18.4 Å². The Bertz CT molecular complexity index is 1170. The van der Waals surface area contributed by atoms with Gasteiger partial charge in [0.15, 0.2) is 0 Å². The average Bonchev–Trinajstić information content (AvgIpc) is 3.58. The SMILES string of the molecule is CCc1ccc(OCC2CC2)c(-c2ncnc3c(C(=O)N[C@H]4CC[C@@H](N)CC4)c(C)[nH]c23)c1.Cl. The van der Waals surface area contributed by atoms with Crippen LogP contribution >= 0.6 is 12.4 Å². The zero-order valence-electron chi connectivity index (χ0n) is 19.9. The topological polar surface area (TPSA) is 106 Å². The lowest BCUT2D eigenvalue weighted by molar-refractivity contribution is 0.0927. The highest BCUT2D eigenvalue weighted by Crippen LogP contribution is 2.37. The molecule has 2 heterocycles. The van der Waals surface area contributed by atoms with E-state index in [-0.39, 0.29) is 30.4 Å². The maximum Gasteiger partial charge on any atom is 0.255 e. The lowest BCUT2D eigenvalue weighted by Crippen LogP contribution is -2.40. The Kier molecular flexibility index (Phi) is 7.43. The summed E-state index contributed by atoms with van der Waals surface area (Å²) in [4.78, 5) is 25.8. The first-order valence-corrected chi connectivity index (χ1v) is 12.2. The van der Waals surface area contributed by atoms with Gasteiger partial charge >= 0.3 is 0 Å². The summed E-state index contributed by atoms with van der Waals surface area (Å²) in [7, 11) is 0. The highest BCUT2D eigenvalue weighted by Gasteiger charge is 2.26. The molecule has 2 aliphatic carbocycles. The van der Waals surface area contributed by atoms with E-state index >= 15 is 0 Å². The third-order valence-electron chi connectivity index (χ3n) is 6.98. The number of H-pyrrole nitrogens is 1. The van der Waals surface area contributed by atoms with Crippen molar-refractivity contribution in [2.24, 2.45) is 11.7 Å². The molecule has 0 unspecified atom stereocenters. The first-order valence-electron chi connectivity index (χ1n) is 12.2. The van der Waals surface area contributed by atoms with Crippen LogP contribution in [0.25, 0.3) is 22.3 Å². The van der Waals surface area contributed by atoms with E-state index in [9.17, 15) is 4.79 Å². The molecule has 0 radical (unpaired) electrons. The number of nitrogens with two attached hydrogens (primary N) is 1. The summed E-state index contributed by atoms with van der Waals surface area (Å²) in [6.45, 7) is 4.79. The number of nitrogens with one attached hydrogen (secondary N) is 2. The number of hydrogen-bond donors (Lipinski definition) is 3. The van der Waals surface area contributed by atoms with Crippen molar-refractivity contribution in [1.29, 1.82) is 0 Å². The van der Waals surface area contributed by atoms with Gasteiger partial charge in [-0.3, -0.25) is 4.79 Å². The van der Waals surface area contributed by atoms with Crippen molar-refractivity contribution in [2.75, 3.05) is 6.61 Å². The van der Waals surface area contributed by atoms with E-state index in [2.05, 4.69) is 39.3 Å². The molecule has 182 valence electrons. The van der Waals surface area contributed by atoms with E-state index < -0.39 is 0 Å². The number of fused-ring (bicyclic) bond motifs is 1. The molecule has 0 atom stereocenters. The molecule has 1 amide bonds. The second kappa shape index (κ2) is 10.3. The number of amides is 1. The molecule has 8 heteroatoms. The number of aromatic amines is 1. The van der Waals surface area contributed by atoms with Gasteiger partial charge in [-0.25, -0.2) is 9.97 Å². The Balaban J connectivity index is 0.00000274. The van der Waals surface area contributed by atoms with E-state index in [0.29, 0.717) is 17.0 Å². The number of rotatable bonds is 7. The Labute approximate surface area is 206 Å². The van der Waals surface area contributed by atoms with Crippen LogP contribution in [0.3, 0.4) is 0 Å². The van der Waals surface area contributed by atoms with Crippen molar-refractivity contribution >= 4 is 29.3 Å². The maximum absolute atomic E-state index is 13.2. The molecule has 0 saturated heterocycles. The average molecular weight is 484 g/mol. The second-order valence-corrected chi connectivity index (χ2v) is 9.59. The summed E-state index contributed by atoms with van der Waals surface area (Å²) in [6.07, 6.45) is 8.67. The van der Waals surface area contributed by atoms with Crippen molar-refractivity contribution < 1.29 is 9.53 Å². The van der Waals surface area contributed by atoms with Gasteiger partial charge in [0, 0.05) is 23.3 Å². The summed E-state index contributed by atoms with van der Waals surface area (Å²) in [5, 5.41) is 3.20. The molecule has 0 bridgehead atoms. The Hall–Kier alpha value is -2.64. The van der Waals surface area contributed by atoms with Gasteiger partial charge in [0.25, 0.3) is 5.91 Å². The fraction of sp³-hybridized carbons (Fsp3) is 0.500. The molecule has 2 fully saturated rings. The normalized spacial score (nSPS) is 20.1. The largest absolute Gasteiger partial charge is 0.493 e. The highest BCUT2D eigenvalue weighted by molar-refractivity contribution is 6.09. The fourth-order valence-electron chi connectivity index (χ4n) is 4.72. The molecule has 5 rings (SSSR count). The predicted molar refractivity (Wildman–Crippen MR) is 137 cm³/mol. The van der Waals surface area contributed by atoms with Crippen LogP contribution in [0.1, 0.15) is 67.1 Å². The van der Waals surface area contributed by atoms with Gasteiger partial charge in [0.1, 0.15) is 23.3 Å². The standard InChI is InChI=1S/C26H33N5O2.ClH/c1-3-16-6-11-21(33-13-17-4-5-17)20(12-16)23-25-24(29-14-28-23)22(15(2)30-25)26(32)31-19-9-7-18(27)8-10-19;/h6,11-12,14,17-19,30H,3-5,7-10,13,27H2,1-2H3,(H,31,32);1H/t18-,19+;. The molecule has 0 aliphatic heterocycles. The van der Waals surface area contributed by atoms with Crippen LogP contribution in [-0.4, -0.2) is 39.5 Å². The molecule has 4 N–H and O–H groups in total. The van der Waals surface area contributed by atoms with Crippen LogP contribution in [0.5, 0.6) is 5.75 Å². The lowest BCUT2D eigenvalue weighted by Gasteiger charge is -2.26. The fourth-order valence-corrected chi connectivity index (χ4v) is 4.72. The molecule has 7 nitrogen and oxygen atoms in total. The number of aryl methyl sites for hydroxylation is 2. The zero-order valence-corrected chi connectivity index (χ0v) is 20.7. The van der Waals surface area contributed by atoms with Crippen LogP contribution in [0, 0.1) is 12.8 Å². The molecule has 2 saturated carbocycles. The van der Waals surface area contributed by atoms with Crippen LogP contribution in [0.15, 0.2) is 24.5 Å². The summed E-state index contributed by atoms with van der Waals surface area (Å²) in [5.41, 5.74) is 11.8. The van der Waals surface area contributed by atoms with Crippen molar-refractivity contribution in [1.82, 2.24) is 20.3 Å². The highest BCUT2D eigenvalue weighted by atomic mass is 35.5. The monoisotopic (exact) mass is 483 g/mol. The summed E-state index contributed by atoms with van der Waals surface area (Å²) in [6, 6.07) is 6.71. The molecule has 1 aromatic carbocycles. The summed E-state index contributed by atoms with van der Waals surface area (Å²) >= 11 is 0. The van der Waals surface area contributed by atoms with Gasteiger partial charge in [-0.2, -0.15) is 0 Å². The van der Waals surface area contributed by atoms with Crippen molar-refractivity contribution in [3.8, 4) is 17.0 Å².